The van der Waals surface area contributed by atoms with Crippen molar-refractivity contribution in [2.45, 2.75) is 38.6 Å². The number of nitrogens with two attached hydrogens (primary N) is 1. The molecule has 17 heavy (non-hydrogen) atoms. The molecule has 1 aromatic rings. The second-order valence-electron chi connectivity index (χ2n) is 5.12. The summed E-state index contributed by atoms with van der Waals surface area (Å²) in [6.45, 7) is 5.59. The van der Waals surface area contributed by atoms with Gasteiger partial charge >= 0.3 is 0 Å². The fourth-order valence-electron chi connectivity index (χ4n) is 2.69. The molecule has 94 valence electrons. The number of rotatable bonds is 4. The van der Waals surface area contributed by atoms with Gasteiger partial charge in [-0.3, -0.25) is 0 Å². The van der Waals surface area contributed by atoms with E-state index in [1.807, 2.05) is 0 Å². The van der Waals surface area contributed by atoms with Gasteiger partial charge in [-0.1, -0.05) is 37.6 Å². The Morgan fingerprint density at radius 1 is 1.18 bits per heavy atom. The molecule has 0 bridgehead atoms. The third-order valence-electron chi connectivity index (χ3n) is 3.67. The Morgan fingerprint density at radius 3 is 2.29 bits per heavy atom. The molecule has 0 saturated carbocycles. The molecule has 1 unspecified atom stereocenters. The summed E-state index contributed by atoms with van der Waals surface area (Å²) in [5.74, 6) is 0. The van der Waals surface area contributed by atoms with Crippen LogP contribution in [0.5, 0.6) is 0 Å². The molecule has 0 amide bonds. The normalized spacial score (nSPS) is 18.5. The first-order valence-electron chi connectivity index (χ1n) is 6.84. The minimum absolute atomic E-state index is 0.348. The topological polar surface area (TPSA) is 29.3 Å². The van der Waals surface area contributed by atoms with E-state index in [-0.39, 0.29) is 0 Å². The van der Waals surface area contributed by atoms with Crippen LogP contribution < -0.4 is 5.73 Å². The van der Waals surface area contributed by atoms with Crippen LogP contribution in [0.4, 0.5) is 0 Å². The molecule has 1 aromatic carbocycles. The van der Waals surface area contributed by atoms with Crippen molar-refractivity contribution < 1.29 is 0 Å². The molecule has 2 nitrogen and oxygen atoms in total. The Labute approximate surface area is 105 Å². The highest BCUT2D eigenvalue weighted by atomic mass is 15.1. The van der Waals surface area contributed by atoms with Crippen molar-refractivity contribution in [2.75, 3.05) is 19.6 Å². The first-order chi connectivity index (χ1) is 8.29. The number of fused-ring (bicyclic) bond motifs is 1. The second-order valence-corrected chi connectivity index (χ2v) is 5.12. The molecule has 1 atom stereocenters. The summed E-state index contributed by atoms with van der Waals surface area (Å²) in [7, 11) is 0. The summed E-state index contributed by atoms with van der Waals surface area (Å²) in [4.78, 5) is 2.53. The Hall–Kier alpha value is -0.860. The van der Waals surface area contributed by atoms with Gasteiger partial charge in [0.25, 0.3) is 0 Å². The van der Waals surface area contributed by atoms with Crippen LogP contribution in [0.15, 0.2) is 24.3 Å². The van der Waals surface area contributed by atoms with E-state index < -0.39 is 0 Å². The Balaban J connectivity index is 1.90. The lowest BCUT2D eigenvalue weighted by Gasteiger charge is -2.23. The van der Waals surface area contributed by atoms with Crippen molar-refractivity contribution in [1.29, 1.82) is 0 Å². The van der Waals surface area contributed by atoms with E-state index in [9.17, 15) is 0 Å². The highest BCUT2D eigenvalue weighted by Crippen LogP contribution is 2.15. The predicted molar refractivity (Wildman–Crippen MR) is 73.2 cm³/mol. The van der Waals surface area contributed by atoms with E-state index in [0.29, 0.717) is 6.04 Å². The summed E-state index contributed by atoms with van der Waals surface area (Å²) < 4.78 is 0. The minimum Gasteiger partial charge on any atom is -0.327 e. The molecule has 2 N–H and O–H groups in total. The van der Waals surface area contributed by atoms with Gasteiger partial charge in [0.05, 0.1) is 0 Å². The first-order valence-corrected chi connectivity index (χ1v) is 6.84. The molecule has 1 aliphatic rings. The van der Waals surface area contributed by atoms with E-state index in [2.05, 4.69) is 36.1 Å². The van der Waals surface area contributed by atoms with Gasteiger partial charge < -0.3 is 10.6 Å². The van der Waals surface area contributed by atoms with E-state index in [4.69, 9.17) is 5.73 Å². The molecule has 1 aliphatic heterocycles. The summed E-state index contributed by atoms with van der Waals surface area (Å²) in [5, 5.41) is 0. The van der Waals surface area contributed by atoms with E-state index in [1.54, 1.807) is 0 Å². The molecule has 1 heterocycles. The number of nitrogens with zero attached hydrogens (tertiary/aromatic N) is 1. The Morgan fingerprint density at radius 2 is 1.76 bits per heavy atom. The molecule has 0 aromatic heterocycles. The molecule has 0 aliphatic carbocycles. The van der Waals surface area contributed by atoms with Crippen molar-refractivity contribution in [3.05, 3.63) is 35.4 Å². The molecule has 2 heteroatoms. The monoisotopic (exact) mass is 232 g/mol. The molecular formula is C15H24N2. The van der Waals surface area contributed by atoms with Crippen molar-refractivity contribution >= 4 is 0 Å². The highest BCUT2D eigenvalue weighted by Gasteiger charge is 2.15. The first kappa shape index (κ1) is 12.6. The van der Waals surface area contributed by atoms with Crippen molar-refractivity contribution in [3.8, 4) is 0 Å². The zero-order valence-corrected chi connectivity index (χ0v) is 10.9. The van der Waals surface area contributed by atoms with E-state index >= 15 is 0 Å². The third-order valence-corrected chi connectivity index (χ3v) is 3.67. The van der Waals surface area contributed by atoms with Crippen LogP contribution >= 0.6 is 0 Å². The quantitative estimate of drug-likeness (QED) is 0.862. The van der Waals surface area contributed by atoms with Gasteiger partial charge in [0, 0.05) is 25.7 Å². The van der Waals surface area contributed by atoms with Crippen LogP contribution in [0.25, 0.3) is 0 Å². The van der Waals surface area contributed by atoms with Gasteiger partial charge in [0.2, 0.25) is 0 Å². The number of benzene rings is 1. The third kappa shape index (κ3) is 3.55. The lowest BCUT2D eigenvalue weighted by molar-refractivity contribution is 0.264. The zero-order valence-electron chi connectivity index (χ0n) is 10.9. The minimum atomic E-state index is 0.348. The number of hydrogen-bond donors (Lipinski definition) is 1. The highest BCUT2D eigenvalue weighted by molar-refractivity contribution is 5.28. The summed E-state index contributed by atoms with van der Waals surface area (Å²) in [6.07, 6.45) is 4.68. The fourth-order valence-corrected chi connectivity index (χ4v) is 2.69. The second kappa shape index (κ2) is 6.18. The smallest absolute Gasteiger partial charge is 0.0167 e. The van der Waals surface area contributed by atoms with E-state index in [1.165, 1.54) is 30.4 Å². The van der Waals surface area contributed by atoms with Crippen molar-refractivity contribution in [2.24, 2.45) is 5.73 Å². The van der Waals surface area contributed by atoms with Gasteiger partial charge in [0.15, 0.2) is 0 Å². The van der Waals surface area contributed by atoms with Crippen LogP contribution in [0.1, 0.15) is 30.9 Å². The van der Waals surface area contributed by atoms with Gasteiger partial charge in [-0.2, -0.15) is 0 Å². The van der Waals surface area contributed by atoms with Gasteiger partial charge in [-0.05, 0) is 30.4 Å². The van der Waals surface area contributed by atoms with Crippen molar-refractivity contribution in [1.82, 2.24) is 4.90 Å². The summed E-state index contributed by atoms with van der Waals surface area (Å²) >= 11 is 0. The molecular weight excluding hydrogens is 208 g/mol. The largest absolute Gasteiger partial charge is 0.327 e. The van der Waals surface area contributed by atoms with E-state index in [0.717, 1.165) is 26.1 Å². The van der Waals surface area contributed by atoms with Crippen LogP contribution in [0, 0.1) is 0 Å². The predicted octanol–water partition coefficient (Wildman–Crippen LogP) is 2.21. The molecule has 0 spiro atoms. The fraction of sp³-hybridized carbons (Fsp3) is 0.600. The number of hydrogen-bond acceptors (Lipinski definition) is 2. The van der Waals surface area contributed by atoms with Crippen molar-refractivity contribution in [3.63, 3.8) is 0 Å². The van der Waals surface area contributed by atoms with Crippen LogP contribution in [0.2, 0.25) is 0 Å². The Bertz CT molecular complexity index is 322. The lowest BCUT2D eigenvalue weighted by atomic mass is 10.0. The maximum absolute atomic E-state index is 6.13. The summed E-state index contributed by atoms with van der Waals surface area (Å²) in [6, 6.07) is 9.19. The maximum Gasteiger partial charge on any atom is 0.0167 e. The molecule has 0 radical (unpaired) electrons. The van der Waals surface area contributed by atoms with Crippen LogP contribution in [-0.2, 0) is 12.8 Å². The Kier molecular flexibility index (Phi) is 4.57. The standard InChI is InChI=1S/C15H24N2/c1-2-5-15(16)12-17-10-8-13-6-3-4-7-14(13)9-11-17/h3-4,6-7,15H,2,5,8-12,16H2,1H3. The van der Waals surface area contributed by atoms with Crippen LogP contribution in [0.3, 0.4) is 0 Å². The maximum atomic E-state index is 6.13. The SMILES string of the molecule is CCCC(N)CN1CCc2ccccc2CC1. The van der Waals surface area contributed by atoms with Gasteiger partial charge in [-0.15, -0.1) is 0 Å². The average molecular weight is 232 g/mol. The average Bonchev–Trinajstić information content (AvgIpc) is 2.53. The summed E-state index contributed by atoms with van der Waals surface area (Å²) in [5.41, 5.74) is 9.18. The lowest BCUT2D eigenvalue weighted by Crippen LogP contribution is -2.38. The molecule has 0 saturated heterocycles. The molecule has 2 rings (SSSR count). The van der Waals surface area contributed by atoms with Crippen LogP contribution in [-0.4, -0.2) is 30.6 Å². The van der Waals surface area contributed by atoms with Gasteiger partial charge in [-0.25, -0.2) is 0 Å². The molecule has 0 fully saturated rings. The zero-order chi connectivity index (χ0) is 12.1. The van der Waals surface area contributed by atoms with Gasteiger partial charge in [0.1, 0.15) is 0 Å².